The molecule has 4 nitrogen and oxygen atoms in total. The first kappa shape index (κ1) is 12.1. The Kier molecular flexibility index (Phi) is 3.47. The fraction of sp³-hybridized carbons (Fsp3) is 0.333. The van der Waals surface area contributed by atoms with E-state index in [1.165, 1.54) is 0 Å². The van der Waals surface area contributed by atoms with Crippen LogP contribution in [0.25, 0.3) is 0 Å². The van der Waals surface area contributed by atoms with Crippen LogP contribution in [0.2, 0.25) is 0 Å². The van der Waals surface area contributed by atoms with Crippen molar-refractivity contribution >= 4 is 15.9 Å². The van der Waals surface area contributed by atoms with Crippen LogP contribution in [0.4, 0.5) is 0 Å². The Labute approximate surface area is 108 Å². The summed E-state index contributed by atoms with van der Waals surface area (Å²) in [5.74, 6) is 0. The molecule has 0 aliphatic carbocycles. The molecule has 0 bridgehead atoms. The van der Waals surface area contributed by atoms with Gasteiger partial charge in [0, 0.05) is 23.3 Å². The summed E-state index contributed by atoms with van der Waals surface area (Å²) in [6.45, 7) is 5.36. The molecule has 5 heteroatoms. The largest absolute Gasteiger partial charge is 0.308 e. The van der Waals surface area contributed by atoms with Crippen molar-refractivity contribution in [3.05, 3.63) is 50.6 Å². The molecular formula is C12H14BrN3O. The van der Waals surface area contributed by atoms with Gasteiger partial charge in [-0.25, -0.2) is 0 Å². The summed E-state index contributed by atoms with van der Waals surface area (Å²) >= 11 is 3.37. The van der Waals surface area contributed by atoms with E-state index in [2.05, 4.69) is 21.0 Å². The lowest BCUT2D eigenvalue weighted by atomic mass is 10.3. The predicted octanol–water partition coefficient (Wildman–Crippen LogP) is 2.18. The van der Waals surface area contributed by atoms with Gasteiger partial charge in [0.1, 0.15) is 0 Å². The zero-order valence-corrected chi connectivity index (χ0v) is 11.4. The van der Waals surface area contributed by atoms with Crippen molar-refractivity contribution in [2.75, 3.05) is 0 Å². The highest BCUT2D eigenvalue weighted by molar-refractivity contribution is 9.10. The molecule has 0 fully saturated rings. The third kappa shape index (κ3) is 2.66. The molecule has 2 aromatic heterocycles. The summed E-state index contributed by atoms with van der Waals surface area (Å²) in [4.78, 5) is 11.7. The predicted molar refractivity (Wildman–Crippen MR) is 70.1 cm³/mol. The van der Waals surface area contributed by atoms with E-state index in [0.29, 0.717) is 6.54 Å². The molecule has 0 saturated carbocycles. The zero-order valence-electron chi connectivity index (χ0n) is 9.85. The number of pyridine rings is 1. The maximum Gasteiger partial charge on any atom is 0.250 e. The van der Waals surface area contributed by atoms with Gasteiger partial charge in [-0.1, -0.05) is 0 Å². The van der Waals surface area contributed by atoms with Crippen LogP contribution in [0.3, 0.4) is 0 Å². The van der Waals surface area contributed by atoms with E-state index in [0.717, 1.165) is 22.4 Å². The van der Waals surface area contributed by atoms with Gasteiger partial charge in [0.25, 0.3) is 5.56 Å². The Morgan fingerprint density at radius 3 is 2.88 bits per heavy atom. The third-order valence-corrected chi connectivity index (χ3v) is 3.03. The summed E-state index contributed by atoms with van der Waals surface area (Å²) in [6, 6.07) is 5.32. The molecule has 0 aliphatic rings. The lowest BCUT2D eigenvalue weighted by Gasteiger charge is -2.07. The Balaban J connectivity index is 2.37. The molecule has 0 aliphatic heterocycles. The molecule has 2 heterocycles. The van der Waals surface area contributed by atoms with Crippen molar-refractivity contribution in [1.29, 1.82) is 0 Å². The molecule has 0 atom stereocenters. The number of aromatic nitrogens is 3. The highest BCUT2D eigenvalue weighted by atomic mass is 79.9. The van der Waals surface area contributed by atoms with Gasteiger partial charge >= 0.3 is 0 Å². The Morgan fingerprint density at radius 1 is 1.41 bits per heavy atom. The molecule has 0 spiro atoms. The van der Waals surface area contributed by atoms with Crippen LogP contribution in [0.15, 0.2) is 33.7 Å². The summed E-state index contributed by atoms with van der Waals surface area (Å²) < 4.78 is 4.49. The van der Waals surface area contributed by atoms with Gasteiger partial charge in [-0.05, 0) is 41.9 Å². The van der Waals surface area contributed by atoms with E-state index in [1.807, 2.05) is 24.6 Å². The van der Waals surface area contributed by atoms with Crippen LogP contribution < -0.4 is 5.56 Å². The smallest absolute Gasteiger partial charge is 0.250 e. The maximum absolute atomic E-state index is 11.7. The average Bonchev–Trinajstić information content (AvgIpc) is 2.64. The Bertz CT molecular complexity index is 586. The molecule has 0 saturated heterocycles. The number of aryl methyl sites for hydroxylation is 2. The van der Waals surface area contributed by atoms with Crippen molar-refractivity contribution in [3.8, 4) is 0 Å². The van der Waals surface area contributed by atoms with Gasteiger partial charge < -0.3 is 4.57 Å². The molecule has 0 unspecified atom stereocenters. The molecule has 2 aromatic rings. The molecule has 0 amide bonds. The average molecular weight is 296 g/mol. The van der Waals surface area contributed by atoms with Gasteiger partial charge in [-0.15, -0.1) is 0 Å². The minimum Gasteiger partial charge on any atom is -0.308 e. The van der Waals surface area contributed by atoms with Gasteiger partial charge in [0.05, 0.1) is 17.9 Å². The Hall–Kier alpha value is -1.36. The van der Waals surface area contributed by atoms with Crippen molar-refractivity contribution in [2.45, 2.75) is 26.9 Å². The van der Waals surface area contributed by atoms with Gasteiger partial charge in [0.2, 0.25) is 0 Å². The van der Waals surface area contributed by atoms with E-state index in [1.54, 1.807) is 22.9 Å². The first-order chi connectivity index (χ1) is 8.10. The summed E-state index contributed by atoms with van der Waals surface area (Å²) in [5.41, 5.74) is 2.02. The summed E-state index contributed by atoms with van der Waals surface area (Å²) in [5, 5.41) is 4.37. The lowest BCUT2D eigenvalue weighted by molar-refractivity contribution is 0.591. The van der Waals surface area contributed by atoms with E-state index in [-0.39, 0.29) is 5.56 Å². The number of hydrogen-bond donors (Lipinski definition) is 0. The standard InChI is InChI=1S/C12H14BrN3O/c1-3-16-11(6-9(2)14-16)8-15-7-10(13)4-5-12(15)17/h4-7H,3,8H2,1-2H3. The van der Waals surface area contributed by atoms with Crippen LogP contribution >= 0.6 is 15.9 Å². The fourth-order valence-corrected chi connectivity index (χ4v) is 2.18. The topological polar surface area (TPSA) is 39.8 Å². The molecular weight excluding hydrogens is 282 g/mol. The summed E-state index contributed by atoms with van der Waals surface area (Å²) in [6.07, 6.45) is 1.80. The minimum absolute atomic E-state index is 0.00490. The highest BCUT2D eigenvalue weighted by Crippen LogP contribution is 2.08. The quantitative estimate of drug-likeness (QED) is 0.871. The van der Waals surface area contributed by atoms with E-state index in [4.69, 9.17) is 0 Å². The molecule has 2 rings (SSSR count). The molecule has 17 heavy (non-hydrogen) atoms. The number of hydrogen-bond acceptors (Lipinski definition) is 2. The van der Waals surface area contributed by atoms with Crippen LogP contribution in [-0.2, 0) is 13.1 Å². The van der Waals surface area contributed by atoms with E-state index < -0.39 is 0 Å². The van der Waals surface area contributed by atoms with Gasteiger partial charge in [0.15, 0.2) is 0 Å². The van der Waals surface area contributed by atoms with Gasteiger partial charge in [-0.3, -0.25) is 9.48 Å². The molecule has 0 N–H and O–H groups in total. The van der Waals surface area contributed by atoms with Crippen molar-refractivity contribution in [1.82, 2.24) is 14.3 Å². The fourth-order valence-electron chi connectivity index (χ4n) is 1.80. The van der Waals surface area contributed by atoms with Crippen molar-refractivity contribution in [3.63, 3.8) is 0 Å². The third-order valence-electron chi connectivity index (χ3n) is 2.56. The minimum atomic E-state index is -0.00490. The zero-order chi connectivity index (χ0) is 12.4. The van der Waals surface area contributed by atoms with E-state index in [9.17, 15) is 4.79 Å². The number of halogens is 1. The highest BCUT2D eigenvalue weighted by Gasteiger charge is 2.06. The van der Waals surface area contributed by atoms with Crippen LogP contribution in [-0.4, -0.2) is 14.3 Å². The number of rotatable bonds is 3. The normalized spacial score (nSPS) is 10.8. The van der Waals surface area contributed by atoms with Crippen LogP contribution in [0, 0.1) is 6.92 Å². The Morgan fingerprint density at radius 2 is 2.18 bits per heavy atom. The second-order valence-corrected chi connectivity index (χ2v) is 4.82. The molecule has 0 radical (unpaired) electrons. The first-order valence-corrected chi connectivity index (χ1v) is 6.28. The van der Waals surface area contributed by atoms with Crippen LogP contribution in [0.5, 0.6) is 0 Å². The second kappa shape index (κ2) is 4.87. The van der Waals surface area contributed by atoms with E-state index >= 15 is 0 Å². The van der Waals surface area contributed by atoms with Crippen molar-refractivity contribution in [2.24, 2.45) is 0 Å². The van der Waals surface area contributed by atoms with Gasteiger partial charge in [-0.2, -0.15) is 5.10 Å². The van der Waals surface area contributed by atoms with Crippen molar-refractivity contribution < 1.29 is 0 Å². The molecule has 90 valence electrons. The lowest BCUT2D eigenvalue weighted by Crippen LogP contribution is -2.20. The van der Waals surface area contributed by atoms with Crippen LogP contribution in [0.1, 0.15) is 18.3 Å². The number of nitrogens with zero attached hydrogens (tertiary/aromatic N) is 3. The first-order valence-electron chi connectivity index (χ1n) is 5.49. The monoisotopic (exact) mass is 295 g/mol. The maximum atomic E-state index is 11.7. The summed E-state index contributed by atoms with van der Waals surface area (Å²) in [7, 11) is 0. The SMILES string of the molecule is CCn1nc(C)cc1Cn1cc(Br)ccc1=O. The second-order valence-electron chi connectivity index (χ2n) is 3.91. The molecule has 0 aromatic carbocycles.